The number of amides is 1. The van der Waals surface area contributed by atoms with E-state index in [1.54, 1.807) is 37.3 Å². The van der Waals surface area contributed by atoms with Crippen LogP contribution in [0, 0.1) is 0 Å². The van der Waals surface area contributed by atoms with Crippen molar-refractivity contribution in [2.45, 2.75) is 6.92 Å². The molecular weight excluding hydrogens is 665 g/mol. The highest BCUT2D eigenvalue weighted by molar-refractivity contribution is 9.10. The van der Waals surface area contributed by atoms with Gasteiger partial charge in [-0.15, -0.1) is 0 Å². The maximum Gasteiger partial charge on any atom is 0.345 e. The Bertz CT molecular complexity index is 1860. The number of benzene rings is 4. The molecule has 0 aliphatic carbocycles. The van der Waals surface area contributed by atoms with Crippen molar-refractivity contribution >= 4 is 79.7 Å². The van der Waals surface area contributed by atoms with Crippen LogP contribution in [0.4, 0.5) is 0 Å². The van der Waals surface area contributed by atoms with Gasteiger partial charge in [0, 0.05) is 31.0 Å². The van der Waals surface area contributed by atoms with E-state index in [4.69, 9.17) is 44.3 Å². The minimum absolute atomic E-state index is 0.164. The summed E-state index contributed by atoms with van der Waals surface area (Å²) in [7, 11) is 0. The number of halogens is 4. The fourth-order valence-electron chi connectivity index (χ4n) is 4.28. The lowest BCUT2D eigenvalue weighted by molar-refractivity contribution is 0.0728. The Labute approximate surface area is 264 Å². The second-order valence-corrected chi connectivity index (χ2v) is 11.0. The molecule has 0 unspecified atom stereocenters. The van der Waals surface area contributed by atoms with Gasteiger partial charge in [0.1, 0.15) is 5.69 Å². The maximum atomic E-state index is 13.3. The van der Waals surface area contributed by atoms with Gasteiger partial charge < -0.3 is 14.5 Å². The topological polar surface area (TPSA) is 92.8 Å². The van der Waals surface area contributed by atoms with Crippen LogP contribution in [0.5, 0.6) is 11.5 Å². The van der Waals surface area contributed by atoms with E-state index in [0.29, 0.717) is 44.8 Å². The zero-order valence-electron chi connectivity index (χ0n) is 21.9. The van der Waals surface area contributed by atoms with Gasteiger partial charge in [0.25, 0.3) is 5.91 Å². The normalized spacial score (nSPS) is 11.2. The van der Waals surface area contributed by atoms with Crippen molar-refractivity contribution in [2.75, 3.05) is 6.61 Å². The fourth-order valence-corrected chi connectivity index (χ4v) is 5.47. The van der Waals surface area contributed by atoms with Crippen LogP contribution in [0.3, 0.4) is 0 Å². The zero-order chi connectivity index (χ0) is 29.8. The number of aromatic amines is 1. The van der Waals surface area contributed by atoms with Gasteiger partial charge in [0.05, 0.1) is 28.9 Å². The van der Waals surface area contributed by atoms with E-state index in [1.165, 1.54) is 18.3 Å². The molecule has 2 N–H and O–H groups in total. The molecule has 212 valence electrons. The molecule has 0 aliphatic heterocycles. The van der Waals surface area contributed by atoms with Crippen LogP contribution in [-0.2, 0) is 0 Å². The quantitative estimate of drug-likeness (QED) is 0.0739. The first-order chi connectivity index (χ1) is 20.3. The largest absolute Gasteiger partial charge is 0.490 e. The number of ether oxygens (including phenoxy) is 2. The summed E-state index contributed by atoms with van der Waals surface area (Å²) in [6.07, 6.45) is 1.45. The summed E-state index contributed by atoms with van der Waals surface area (Å²) in [5, 5.41) is 6.06. The van der Waals surface area contributed by atoms with Gasteiger partial charge in [0.2, 0.25) is 0 Å². The molecule has 0 spiro atoms. The number of hydrogen-bond donors (Lipinski definition) is 2. The van der Waals surface area contributed by atoms with Crippen LogP contribution in [0.1, 0.15) is 33.3 Å². The molecule has 0 bridgehead atoms. The highest BCUT2D eigenvalue weighted by atomic mass is 79.9. The molecule has 0 saturated heterocycles. The van der Waals surface area contributed by atoms with Crippen molar-refractivity contribution in [2.24, 2.45) is 5.10 Å². The SMILES string of the molecule is CCOc1cc(C=NNC(=O)c2[nH]c3c(Br)cccc3c2-c2ccccc2Cl)ccc1OC(=O)c1ccc(Cl)cc1Cl. The Morgan fingerprint density at radius 3 is 2.52 bits per heavy atom. The standard InChI is InChI=1S/C31H21BrCl3N3O4/c1-2-41-26-14-17(10-13-25(26)42-31(40)20-12-11-18(33)15-24(20)35)16-36-38-30(39)29-27(19-6-3-4-9-23(19)34)21-7-5-8-22(32)28(21)37-29/h3-16,37H,2H2,1H3,(H,38,39). The van der Waals surface area contributed by atoms with E-state index in [0.717, 1.165) is 15.4 Å². The third-order valence-electron chi connectivity index (χ3n) is 6.15. The number of nitrogens with one attached hydrogen (secondary N) is 2. The van der Waals surface area contributed by atoms with Crippen molar-refractivity contribution in [1.29, 1.82) is 0 Å². The summed E-state index contributed by atoms with van der Waals surface area (Å²) >= 11 is 22.1. The Hall–Kier alpha value is -3.82. The molecule has 1 aromatic heterocycles. The first kappa shape index (κ1) is 29.7. The van der Waals surface area contributed by atoms with E-state index in [2.05, 4.69) is 31.4 Å². The number of esters is 1. The average molecular weight is 686 g/mol. The molecule has 0 saturated carbocycles. The molecule has 0 fully saturated rings. The molecule has 4 aromatic carbocycles. The maximum absolute atomic E-state index is 13.3. The Kier molecular flexibility index (Phi) is 9.18. The molecule has 1 amide bonds. The van der Waals surface area contributed by atoms with Crippen LogP contribution in [-0.4, -0.2) is 29.7 Å². The van der Waals surface area contributed by atoms with Crippen molar-refractivity contribution in [1.82, 2.24) is 10.4 Å². The number of nitrogens with zero attached hydrogens (tertiary/aromatic N) is 1. The van der Waals surface area contributed by atoms with Crippen molar-refractivity contribution in [3.8, 4) is 22.6 Å². The number of aromatic nitrogens is 1. The predicted octanol–water partition coefficient (Wildman–Crippen LogP) is 8.94. The summed E-state index contributed by atoms with van der Waals surface area (Å²) in [6, 6.07) is 22.4. The van der Waals surface area contributed by atoms with Crippen molar-refractivity contribution in [3.63, 3.8) is 0 Å². The molecule has 5 rings (SSSR count). The summed E-state index contributed by atoms with van der Waals surface area (Å²) in [5.41, 5.74) is 5.77. The summed E-state index contributed by atoms with van der Waals surface area (Å²) in [4.78, 5) is 29.2. The van der Waals surface area contributed by atoms with Crippen LogP contribution >= 0.6 is 50.7 Å². The van der Waals surface area contributed by atoms with Crippen molar-refractivity contribution < 1.29 is 19.1 Å². The molecule has 7 nitrogen and oxygen atoms in total. The van der Waals surface area contributed by atoms with E-state index in [9.17, 15) is 9.59 Å². The number of carbonyl (C=O) groups excluding carboxylic acids is 2. The molecule has 0 atom stereocenters. The van der Waals surface area contributed by atoms with Crippen molar-refractivity contribution in [3.05, 3.63) is 115 Å². The van der Waals surface area contributed by atoms with Crippen LogP contribution in [0.15, 0.2) is 88.4 Å². The number of rotatable bonds is 8. The predicted molar refractivity (Wildman–Crippen MR) is 171 cm³/mol. The third kappa shape index (κ3) is 6.32. The molecule has 0 radical (unpaired) electrons. The fraction of sp³-hybridized carbons (Fsp3) is 0.0645. The third-order valence-corrected chi connectivity index (χ3v) is 7.69. The van der Waals surface area contributed by atoms with Crippen LogP contribution < -0.4 is 14.9 Å². The second-order valence-electron chi connectivity index (χ2n) is 8.87. The van der Waals surface area contributed by atoms with E-state index in [1.807, 2.05) is 36.4 Å². The van der Waals surface area contributed by atoms with Gasteiger partial charge in [-0.05, 0) is 76.9 Å². The number of H-pyrrole nitrogens is 1. The first-order valence-corrected chi connectivity index (χ1v) is 14.5. The number of carbonyl (C=O) groups is 2. The highest BCUT2D eigenvalue weighted by Crippen LogP contribution is 2.38. The molecule has 1 heterocycles. The highest BCUT2D eigenvalue weighted by Gasteiger charge is 2.22. The lowest BCUT2D eigenvalue weighted by Crippen LogP contribution is -2.19. The smallest absolute Gasteiger partial charge is 0.345 e. The average Bonchev–Trinajstić information content (AvgIpc) is 3.35. The molecule has 0 aliphatic rings. The summed E-state index contributed by atoms with van der Waals surface area (Å²) < 4.78 is 12.0. The minimum Gasteiger partial charge on any atom is -0.490 e. The lowest BCUT2D eigenvalue weighted by atomic mass is 10.0. The Balaban J connectivity index is 1.38. The lowest BCUT2D eigenvalue weighted by Gasteiger charge is -2.12. The monoisotopic (exact) mass is 683 g/mol. The Morgan fingerprint density at radius 2 is 1.76 bits per heavy atom. The van der Waals surface area contributed by atoms with Gasteiger partial charge in [-0.25, -0.2) is 10.2 Å². The van der Waals surface area contributed by atoms with Gasteiger partial charge >= 0.3 is 5.97 Å². The first-order valence-electron chi connectivity index (χ1n) is 12.6. The summed E-state index contributed by atoms with van der Waals surface area (Å²) in [5.74, 6) is -0.611. The summed E-state index contributed by atoms with van der Waals surface area (Å²) in [6.45, 7) is 2.13. The van der Waals surface area contributed by atoms with Gasteiger partial charge in [-0.1, -0.05) is 65.1 Å². The van der Waals surface area contributed by atoms with Gasteiger partial charge in [-0.2, -0.15) is 5.10 Å². The van der Waals surface area contributed by atoms with E-state index >= 15 is 0 Å². The zero-order valence-corrected chi connectivity index (χ0v) is 25.7. The molecular formula is C31H21BrCl3N3O4. The van der Waals surface area contributed by atoms with E-state index < -0.39 is 11.9 Å². The van der Waals surface area contributed by atoms with Gasteiger partial charge in [-0.3, -0.25) is 4.79 Å². The Morgan fingerprint density at radius 1 is 0.952 bits per heavy atom. The number of fused-ring (bicyclic) bond motifs is 1. The minimum atomic E-state index is -0.661. The second kappa shape index (κ2) is 13.0. The molecule has 11 heteroatoms. The van der Waals surface area contributed by atoms with E-state index in [-0.39, 0.29) is 16.3 Å². The number of hydrazone groups is 1. The molecule has 42 heavy (non-hydrogen) atoms. The van der Waals surface area contributed by atoms with Crippen LogP contribution in [0.2, 0.25) is 15.1 Å². The molecule has 5 aromatic rings. The number of hydrogen-bond acceptors (Lipinski definition) is 5. The van der Waals surface area contributed by atoms with Crippen LogP contribution in [0.25, 0.3) is 22.0 Å². The van der Waals surface area contributed by atoms with Gasteiger partial charge in [0.15, 0.2) is 11.5 Å². The number of para-hydroxylation sites is 1.